The summed E-state index contributed by atoms with van der Waals surface area (Å²) in [5.74, 6) is -0.0487. The molecule has 0 aliphatic carbocycles. The molecular weight excluding hydrogens is 352 g/mol. The van der Waals surface area contributed by atoms with Gasteiger partial charge in [-0.2, -0.15) is 4.31 Å². The van der Waals surface area contributed by atoms with Gasteiger partial charge in [0.1, 0.15) is 5.75 Å². The number of ether oxygens (including phenoxy) is 1. The van der Waals surface area contributed by atoms with E-state index in [1.165, 1.54) is 36.7 Å². The summed E-state index contributed by atoms with van der Waals surface area (Å²) in [7, 11) is -0.793. The number of methoxy groups -OCH3 is 1. The highest BCUT2D eigenvalue weighted by Gasteiger charge is 2.24. The summed E-state index contributed by atoms with van der Waals surface area (Å²) >= 11 is 0. The van der Waals surface area contributed by atoms with Crippen LogP contribution in [0.5, 0.6) is 5.75 Å². The van der Waals surface area contributed by atoms with Crippen molar-refractivity contribution in [2.45, 2.75) is 31.3 Å². The number of benzene rings is 2. The molecule has 0 heterocycles. The van der Waals surface area contributed by atoms with Gasteiger partial charge in [0.25, 0.3) is 5.91 Å². The van der Waals surface area contributed by atoms with Crippen LogP contribution in [-0.2, 0) is 16.6 Å². The first-order valence-corrected chi connectivity index (χ1v) is 9.69. The Kier molecular flexibility index (Phi) is 6.39. The molecule has 2 aromatic rings. The molecule has 0 fully saturated rings. The highest BCUT2D eigenvalue weighted by atomic mass is 32.2. The van der Waals surface area contributed by atoms with E-state index >= 15 is 0 Å². The third-order valence-electron chi connectivity index (χ3n) is 3.79. The lowest BCUT2D eigenvalue weighted by atomic mass is 10.2. The Morgan fingerprint density at radius 2 is 1.81 bits per heavy atom. The van der Waals surface area contributed by atoms with E-state index in [4.69, 9.17) is 4.74 Å². The van der Waals surface area contributed by atoms with E-state index in [0.717, 1.165) is 5.56 Å². The molecule has 2 aromatic carbocycles. The summed E-state index contributed by atoms with van der Waals surface area (Å²) in [6, 6.07) is 13.5. The third-order valence-corrected chi connectivity index (χ3v) is 5.59. The molecule has 0 spiro atoms. The topological polar surface area (TPSA) is 75.7 Å². The number of carbonyl (C=O) groups excluding carboxylic acids is 1. The minimum atomic E-state index is -3.75. The van der Waals surface area contributed by atoms with Crippen molar-refractivity contribution in [1.82, 2.24) is 9.62 Å². The first-order valence-electron chi connectivity index (χ1n) is 8.25. The fraction of sp³-hybridized carbons (Fsp3) is 0.316. The van der Waals surface area contributed by atoms with Crippen LogP contribution in [0.25, 0.3) is 0 Å². The molecule has 0 saturated heterocycles. The Balaban J connectivity index is 2.35. The smallest absolute Gasteiger partial charge is 0.255 e. The molecule has 0 aliphatic rings. The Morgan fingerprint density at radius 3 is 2.38 bits per heavy atom. The van der Waals surface area contributed by atoms with Crippen LogP contribution < -0.4 is 10.1 Å². The van der Waals surface area contributed by atoms with E-state index in [-0.39, 0.29) is 29.0 Å². The van der Waals surface area contributed by atoms with Crippen molar-refractivity contribution in [3.05, 3.63) is 59.7 Å². The molecule has 0 saturated carbocycles. The van der Waals surface area contributed by atoms with Crippen LogP contribution in [0.2, 0.25) is 0 Å². The Morgan fingerprint density at radius 1 is 1.15 bits per heavy atom. The Hall–Kier alpha value is -2.38. The molecule has 2 rings (SSSR count). The zero-order valence-electron chi connectivity index (χ0n) is 15.4. The lowest BCUT2D eigenvalue weighted by Gasteiger charge is -2.19. The zero-order valence-corrected chi connectivity index (χ0v) is 16.2. The normalized spacial score (nSPS) is 11.6. The molecule has 6 nitrogen and oxygen atoms in total. The van der Waals surface area contributed by atoms with E-state index in [1.54, 1.807) is 0 Å². The van der Waals surface area contributed by atoms with Crippen LogP contribution in [0, 0.1) is 0 Å². The number of nitrogens with one attached hydrogen (secondary N) is 1. The molecule has 1 amide bonds. The predicted octanol–water partition coefficient (Wildman–Crippen LogP) is 2.65. The third kappa shape index (κ3) is 4.62. The van der Waals surface area contributed by atoms with E-state index < -0.39 is 10.0 Å². The minimum absolute atomic E-state index is 0.0469. The molecule has 7 heteroatoms. The molecule has 140 valence electrons. The maximum atomic E-state index is 12.9. The van der Waals surface area contributed by atoms with Crippen molar-refractivity contribution in [3.8, 4) is 5.75 Å². The van der Waals surface area contributed by atoms with Gasteiger partial charge in [0.2, 0.25) is 10.0 Å². The van der Waals surface area contributed by atoms with Gasteiger partial charge in [-0.3, -0.25) is 4.79 Å². The minimum Gasteiger partial charge on any atom is -0.496 e. The number of carbonyl (C=O) groups is 1. The van der Waals surface area contributed by atoms with Crippen LogP contribution >= 0.6 is 0 Å². The Labute approximate surface area is 154 Å². The van der Waals surface area contributed by atoms with Gasteiger partial charge in [-0.05, 0) is 37.6 Å². The first-order chi connectivity index (χ1) is 12.3. The average molecular weight is 376 g/mol. The van der Waals surface area contributed by atoms with Gasteiger partial charge in [-0.25, -0.2) is 8.42 Å². The van der Waals surface area contributed by atoms with Gasteiger partial charge in [-0.1, -0.05) is 30.3 Å². The molecule has 0 radical (unpaired) electrons. The lowest BCUT2D eigenvalue weighted by molar-refractivity contribution is 0.0940. The second-order valence-corrected chi connectivity index (χ2v) is 8.28. The van der Waals surface area contributed by atoms with Crippen molar-refractivity contribution < 1.29 is 17.9 Å². The van der Waals surface area contributed by atoms with Crippen molar-refractivity contribution in [1.29, 1.82) is 0 Å². The fourth-order valence-corrected chi connectivity index (χ4v) is 3.66. The van der Waals surface area contributed by atoms with Gasteiger partial charge in [0.05, 0.1) is 17.6 Å². The fourth-order valence-electron chi connectivity index (χ4n) is 2.47. The molecule has 0 atom stereocenters. The number of sulfonamides is 1. The van der Waals surface area contributed by atoms with Crippen LogP contribution in [0.15, 0.2) is 53.4 Å². The summed E-state index contributed by atoms with van der Waals surface area (Å²) in [4.78, 5) is 12.4. The molecule has 26 heavy (non-hydrogen) atoms. The number of amides is 1. The quantitative estimate of drug-likeness (QED) is 0.806. The van der Waals surface area contributed by atoms with Gasteiger partial charge in [0, 0.05) is 19.6 Å². The van der Waals surface area contributed by atoms with E-state index in [1.807, 2.05) is 44.2 Å². The first kappa shape index (κ1) is 19.9. The summed E-state index contributed by atoms with van der Waals surface area (Å²) in [6.45, 7) is 3.90. The SMILES string of the molecule is COc1ccc(S(=O)(=O)N(C)Cc2ccccc2)cc1C(=O)NC(C)C. The van der Waals surface area contributed by atoms with Gasteiger partial charge in [0.15, 0.2) is 0 Å². The molecular formula is C19H24N2O4S. The van der Waals surface area contributed by atoms with Crippen molar-refractivity contribution >= 4 is 15.9 Å². The predicted molar refractivity (Wildman–Crippen MR) is 101 cm³/mol. The van der Waals surface area contributed by atoms with E-state index in [9.17, 15) is 13.2 Å². The summed E-state index contributed by atoms with van der Waals surface area (Å²) < 4.78 is 32.2. The monoisotopic (exact) mass is 376 g/mol. The zero-order chi connectivity index (χ0) is 19.3. The van der Waals surface area contributed by atoms with Gasteiger partial charge < -0.3 is 10.1 Å². The van der Waals surface area contributed by atoms with Crippen LogP contribution in [0.4, 0.5) is 0 Å². The number of rotatable bonds is 7. The Bertz CT molecular complexity index is 864. The molecule has 0 aliphatic heterocycles. The van der Waals surface area contributed by atoms with Gasteiger partial charge >= 0.3 is 0 Å². The number of hydrogen-bond donors (Lipinski definition) is 1. The summed E-state index contributed by atoms with van der Waals surface area (Å²) in [6.07, 6.45) is 0. The molecule has 0 unspecified atom stereocenters. The maximum absolute atomic E-state index is 12.9. The summed E-state index contributed by atoms with van der Waals surface area (Å²) in [5, 5.41) is 2.75. The second kappa shape index (κ2) is 8.33. The number of hydrogen-bond acceptors (Lipinski definition) is 4. The van der Waals surface area contributed by atoms with Gasteiger partial charge in [-0.15, -0.1) is 0 Å². The van der Waals surface area contributed by atoms with Crippen LogP contribution in [0.1, 0.15) is 29.8 Å². The highest BCUT2D eigenvalue weighted by Crippen LogP contribution is 2.25. The standard InChI is InChI=1S/C19H24N2O4S/c1-14(2)20-19(22)17-12-16(10-11-18(17)25-4)26(23,24)21(3)13-15-8-6-5-7-9-15/h5-12,14H,13H2,1-4H3,(H,20,22). The second-order valence-electron chi connectivity index (χ2n) is 6.24. The largest absolute Gasteiger partial charge is 0.496 e. The van der Waals surface area contributed by atoms with E-state index in [0.29, 0.717) is 5.75 Å². The molecule has 0 aromatic heterocycles. The van der Waals surface area contributed by atoms with Crippen LogP contribution in [-0.4, -0.2) is 38.8 Å². The highest BCUT2D eigenvalue weighted by molar-refractivity contribution is 7.89. The summed E-state index contributed by atoms with van der Waals surface area (Å²) in [5.41, 5.74) is 1.07. The lowest BCUT2D eigenvalue weighted by Crippen LogP contribution is -2.31. The van der Waals surface area contributed by atoms with Crippen molar-refractivity contribution in [2.24, 2.45) is 0 Å². The van der Waals surface area contributed by atoms with E-state index in [2.05, 4.69) is 5.32 Å². The molecule has 0 bridgehead atoms. The van der Waals surface area contributed by atoms with Crippen molar-refractivity contribution in [2.75, 3.05) is 14.2 Å². The number of nitrogens with zero attached hydrogens (tertiary/aromatic N) is 1. The maximum Gasteiger partial charge on any atom is 0.255 e. The average Bonchev–Trinajstić information content (AvgIpc) is 2.61. The van der Waals surface area contributed by atoms with Crippen molar-refractivity contribution in [3.63, 3.8) is 0 Å². The van der Waals surface area contributed by atoms with Crippen LogP contribution in [0.3, 0.4) is 0 Å². The molecule has 1 N–H and O–H groups in total.